The van der Waals surface area contributed by atoms with Gasteiger partial charge in [-0.15, -0.1) is 0 Å². The summed E-state index contributed by atoms with van der Waals surface area (Å²) in [5, 5.41) is 7.73. The average molecular weight is 219 g/mol. The van der Waals surface area contributed by atoms with Crippen LogP contribution in [0.3, 0.4) is 0 Å². The zero-order valence-electron chi connectivity index (χ0n) is 9.95. The van der Waals surface area contributed by atoms with Crippen LogP contribution in [0.25, 0.3) is 0 Å². The minimum atomic E-state index is 0.706. The van der Waals surface area contributed by atoms with Gasteiger partial charge in [0.2, 0.25) is 0 Å². The Morgan fingerprint density at radius 3 is 2.94 bits per heavy atom. The van der Waals surface area contributed by atoms with Gasteiger partial charge in [0.1, 0.15) is 5.76 Å². The Balaban J connectivity index is 2.07. The maximum Gasteiger partial charge on any atom is 0.125 e. The fourth-order valence-electron chi connectivity index (χ4n) is 1.70. The van der Waals surface area contributed by atoms with Gasteiger partial charge in [-0.05, 0) is 25.0 Å². The smallest absolute Gasteiger partial charge is 0.125 e. The standard InChI is InChI=1S/C12H17N3O/c1-4-10-11(8-15(3)14-10)13-7-12-9(2)5-6-16-12/h5-6,8,13H,4,7H2,1-3H3. The summed E-state index contributed by atoms with van der Waals surface area (Å²) in [4.78, 5) is 0. The summed E-state index contributed by atoms with van der Waals surface area (Å²) in [5.41, 5.74) is 3.35. The zero-order chi connectivity index (χ0) is 11.5. The molecule has 0 radical (unpaired) electrons. The van der Waals surface area contributed by atoms with E-state index < -0.39 is 0 Å². The van der Waals surface area contributed by atoms with Crippen LogP contribution in [0.5, 0.6) is 0 Å². The molecule has 0 unspecified atom stereocenters. The molecule has 0 amide bonds. The Morgan fingerprint density at radius 2 is 2.31 bits per heavy atom. The largest absolute Gasteiger partial charge is 0.467 e. The first kappa shape index (κ1) is 10.8. The lowest BCUT2D eigenvalue weighted by molar-refractivity contribution is 0.515. The van der Waals surface area contributed by atoms with Crippen LogP contribution in [0.4, 0.5) is 5.69 Å². The van der Waals surface area contributed by atoms with Crippen LogP contribution in [-0.2, 0) is 20.0 Å². The van der Waals surface area contributed by atoms with E-state index in [4.69, 9.17) is 4.42 Å². The molecule has 16 heavy (non-hydrogen) atoms. The molecule has 0 bridgehead atoms. The molecule has 1 N–H and O–H groups in total. The van der Waals surface area contributed by atoms with E-state index in [1.807, 2.05) is 30.9 Å². The molecular formula is C12H17N3O. The van der Waals surface area contributed by atoms with Crippen LogP contribution in [0.1, 0.15) is 23.9 Å². The van der Waals surface area contributed by atoms with Crippen LogP contribution in [-0.4, -0.2) is 9.78 Å². The number of anilines is 1. The highest BCUT2D eigenvalue weighted by molar-refractivity contribution is 5.46. The van der Waals surface area contributed by atoms with Crippen molar-refractivity contribution in [3.05, 3.63) is 35.5 Å². The van der Waals surface area contributed by atoms with Gasteiger partial charge in [-0.1, -0.05) is 6.92 Å². The summed E-state index contributed by atoms with van der Waals surface area (Å²) < 4.78 is 7.21. The Hall–Kier alpha value is -1.71. The highest BCUT2D eigenvalue weighted by Crippen LogP contribution is 2.16. The second-order valence-corrected chi connectivity index (χ2v) is 3.90. The first-order valence-corrected chi connectivity index (χ1v) is 5.50. The summed E-state index contributed by atoms with van der Waals surface area (Å²) in [6, 6.07) is 1.97. The molecule has 0 aliphatic heterocycles. The van der Waals surface area contributed by atoms with Gasteiger partial charge in [0.25, 0.3) is 0 Å². The number of hydrogen-bond donors (Lipinski definition) is 1. The molecule has 0 aromatic carbocycles. The normalized spacial score (nSPS) is 10.7. The van der Waals surface area contributed by atoms with Crippen LogP contribution >= 0.6 is 0 Å². The van der Waals surface area contributed by atoms with Crippen LogP contribution in [0.2, 0.25) is 0 Å². The number of aryl methyl sites for hydroxylation is 3. The number of nitrogens with one attached hydrogen (secondary N) is 1. The number of aromatic nitrogens is 2. The van der Waals surface area contributed by atoms with Crippen LogP contribution in [0.15, 0.2) is 22.9 Å². The molecule has 2 aromatic heterocycles. The van der Waals surface area contributed by atoms with Crippen molar-refractivity contribution in [1.82, 2.24) is 9.78 Å². The molecule has 4 heteroatoms. The average Bonchev–Trinajstić information content (AvgIpc) is 2.81. The predicted molar refractivity (Wildman–Crippen MR) is 63.4 cm³/mol. The first-order chi connectivity index (χ1) is 7.70. The van der Waals surface area contributed by atoms with E-state index in [1.54, 1.807) is 6.26 Å². The lowest BCUT2D eigenvalue weighted by Gasteiger charge is -2.03. The summed E-state index contributed by atoms with van der Waals surface area (Å²) >= 11 is 0. The van der Waals surface area contributed by atoms with Crippen LogP contribution in [0, 0.1) is 6.92 Å². The summed E-state index contributed by atoms with van der Waals surface area (Å²) in [6.45, 7) is 4.85. The molecule has 0 atom stereocenters. The minimum absolute atomic E-state index is 0.706. The second-order valence-electron chi connectivity index (χ2n) is 3.90. The molecule has 0 saturated heterocycles. The molecule has 2 aromatic rings. The molecule has 0 saturated carbocycles. The summed E-state index contributed by atoms with van der Waals surface area (Å²) in [5.74, 6) is 0.978. The van der Waals surface area contributed by atoms with Crippen molar-refractivity contribution in [3.63, 3.8) is 0 Å². The Kier molecular flexibility index (Phi) is 2.99. The molecule has 2 rings (SSSR count). The van der Waals surface area contributed by atoms with Gasteiger partial charge in [-0.25, -0.2) is 0 Å². The Morgan fingerprint density at radius 1 is 1.50 bits per heavy atom. The molecule has 2 heterocycles. The van der Waals surface area contributed by atoms with E-state index in [9.17, 15) is 0 Å². The number of furan rings is 1. The third kappa shape index (κ3) is 2.10. The fraction of sp³-hybridized carbons (Fsp3) is 0.417. The zero-order valence-corrected chi connectivity index (χ0v) is 9.95. The molecule has 4 nitrogen and oxygen atoms in total. The van der Waals surface area contributed by atoms with E-state index in [2.05, 4.69) is 17.3 Å². The summed E-state index contributed by atoms with van der Waals surface area (Å²) in [6.07, 6.45) is 4.65. The topological polar surface area (TPSA) is 43.0 Å². The molecule has 0 aliphatic rings. The van der Waals surface area contributed by atoms with Crippen molar-refractivity contribution in [2.45, 2.75) is 26.8 Å². The maximum atomic E-state index is 5.38. The first-order valence-electron chi connectivity index (χ1n) is 5.50. The molecule has 0 aliphatic carbocycles. The minimum Gasteiger partial charge on any atom is -0.467 e. The molecule has 86 valence electrons. The number of nitrogens with zero attached hydrogens (tertiary/aromatic N) is 2. The molecule has 0 spiro atoms. The van der Waals surface area contributed by atoms with Gasteiger partial charge in [0.05, 0.1) is 24.2 Å². The monoisotopic (exact) mass is 219 g/mol. The van der Waals surface area contributed by atoms with Gasteiger partial charge in [0.15, 0.2) is 0 Å². The highest BCUT2D eigenvalue weighted by atomic mass is 16.3. The van der Waals surface area contributed by atoms with Gasteiger partial charge in [-0.3, -0.25) is 4.68 Å². The van der Waals surface area contributed by atoms with Crippen molar-refractivity contribution in [3.8, 4) is 0 Å². The third-order valence-corrected chi connectivity index (χ3v) is 2.65. The third-order valence-electron chi connectivity index (χ3n) is 2.65. The SMILES string of the molecule is CCc1nn(C)cc1NCc1occc1C. The van der Waals surface area contributed by atoms with Crippen molar-refractivity contribution in [2.75, 3.05) is 5.32 Å². The molecule has 0 fully saturated rings. The lowest BCUT2D eigenvalue weighted by Crippen LogP contribution is -2.00. The van der Waals surface area contributed by atoms with Gasteiger partial charge >= 0.3 is 0 Å². The van der Waals surface area contributed by atoms with E-state index >= 15 is 0 Å². The van der Waals surface area contributed by atoms with E-state index in [0.29, 0.717) is 6.54 Å². The van der Waals surface area contributed by atoms with E-state index in [-0.39, 0.29) is 0 Å². The Labute approximate surface area is 95.3 Å². The van der Waals surface area contributed by atoms with Crippen molar-refractivity contribution < 1.29 is 4.42 Å². The van der Waals surface area contributed by atoms with Crippen molar-refractivity contribution >= 4 is 5.69 Å². The van der Waals surface area contributed by atoms with Gasteiger partial charge in [-0.2, -0.15) is 5.10 Å². The lowest BCUT2D eigenvalue weighted by atomic mass is 10.2. The number of rotatable bonds is 4. The van der Waals surface area contributed by atoms with Crippen molar-refractivity contribution in [1.29, 1.82) is 0 Å². The fourth-order valence-corrected chi connectivity index (χ4v) is 1.70. The molecular weight excluding hydrogens is 202 g/mol. The maximum absolute atomic E-state index is 5.38. The quantitative estimate of drug-likeness (QED) is 0.859. The van der Waals surface area contributed by atoms with Gasteiger partial charge in [0, 0.05) is 13.2 Å². The highest BCUT2D eigenvalue weighted by Gasteiger charge is 2.07. The number of hydrogen-bond acceptors (Lipinski definition) is 3. The van der Waals surface area contributed by atoms with Crippen molar-refractivity contribution in [2.24, 2.45) is 7.05 Å². The Bertz CT molecular complexity index is 470. The second kappa shape index (κ2) is 4.43. The predicted octanol–water partition coefficient (Wildman–Crippen LogP) is 2.50. The van der Waals surface area contributed by atoms with E-state index in [1.165, 1.54) is 5.56 Å². The summed E-state index contributed by atoms with van der Waals surface area (Å²) in [7, 11) is 1.93. The van der Waals surface area contributed by atoms with Crippen LogP contribution < -0.4 is 5.32 Å². The van der Waals surface area contributed by atoms with Gasteiger partial charge < -0.3 is 9.73 Å². The van der Waals surface area contributed by atoms with E-state index in [0.717, 1.165) is 23.6 Å².